The van der Waals surface area contributed by atoms with Crippen molar-refractivity contribution in [1.82, 2.24) is 0 Å². The number of thioether (sulfide) groups is 1. The minimum absolute atomic E-state index is 0.0141. The van der Waals surface area contributed by atoms with Crippen LogP contribution < -0.4 is 0 Å². The van der Waals surface area contributed by atoms with Gasteiger partial charge in [-0.15, -0.1) is 0 Å². The van der Waals surface area contributed by atoms with Crippen molar-refractivity contribution in [2.45, 2.75) is 30.8 Å². The van der Waals surface area contributed by atoms with Crippen molar-refractivity contribution < 1.29 is 19.6 Å². The zero-order valence-corrected chi connectivity index (χ0v) is 15.5. The van der Waals surface area contributed by atoms with E-state index in [0.717, 1.165) is 15.7 Å². The molecule has 128 valence electrons. The zero-order chi connectivity index (χ0) is 17.7. The summed E-state index contributed by atoms with van der Waals surface area (Å²) in [5.41, 5.74) is -1.63. The Morgan fingerprint density at radius 3 is 2.54 bits per heavy atom. The van der Waals surface area contributed by atoms with Gasteiger partial charge in [-0.1, -0.05) is 66.6 Å². The lowest BCUT2D eigenvalue weighted by atomic mass is 9.94. The summed E-state index contributed by atoms with van der Waals surface area (Å²) in [7, 11) is -1.83. The molecule has 0 heterocycles. The van der Waals surface area contributed by atoms with Crippen molar-refractivity contribution in [3.05, 3.63) is 42.5 Å². The predicted octanol–water partition coefficient (Wildman–Crippen LogP) is 4.58. The molecule has 0 bridgehead atoms. The first kappa shape index (κ1) is 18.9. The average Bonchev–Trinajstić information content (AvgIpc) is 2.51. The second-order valence-corrected chi connectivity index (χ2v) is 9.37. The molecule has 0 radical (unpaired) electrons. The Bertz CT molecular complexity index is 741. The van der Waals surface area contributed by atoms with Crippen molar-refractivity contribution in [1.29, 1.82) is 0 Å². The topological polar surface area (TPSA) is 74.6 Å². The Hall–Kier alpha value is -1.42. The Morgan fingerprint density at radius 1 is 1.21 bits per heavy atom. The standard InChI is InChI=1S/C18H21O4PS/c1-13(2)10-18(21,17(19)20)11-23(22)12-24-16-9-5-7-14-6-3-4-8-15(14)16/h3-9,13,21H,10-12H2,1-2H3/p+1. The third-order valence-electron chi connectivity index (χ3n) is 3.70. The van der Waals surface area contributed by atoms with E-state index in [1.807, 2.05) is 56.3 Å². The van der Waals surface area contributed by atoms with Gasteiger partial charge < -0.3 is 10.2 Å². The van der Waals surface area contributed by atoms with Gasteiger partial charge in [0.1, 0.15) is 0 Å². The van der Waals surface area contributed by atoms with E-state index in [4.69, 9.17) is 0 Å². The summed E-state index contributed by atoms with van der Waals surface area (Å²) in [4.78, 5) is 12.4. The van der Waals surface area contributed by atoms with Crippen molar-refractivity contribution >= 4 is 36.3 Å². The van der Waals surface area contributed by atoms with Crippen LogP contribution in [-0.2, 0) is 9.36 Å². The maximum Gasteiger partial charge on any atom is 0.353 e. The highest BCUT2D eigenvalue weighted by molar-refractivity contribution is 8.04. The molecule has 0 amide bonds. The van der Waals surface area contributed by atoms with Crippen LogP contribution in [0, 0.1) is 5.92 Å². The fraction of sp³-hybridized carbons (Fsp3) is 0.389. The molecule has 24 heavy (non-hydrogen) atoms. The third kappa shape index (κ3) is 4.79. The summed E-state index contributed by atoms with van der Waals surface area (Å²) in [6.45, 7) is 3.68. The lowest BCUT2D eigenvalue weighted by Gasteiger charge is -2.20. The Labute approximate surface area is 147 Å². The summed E-state index contributed by atoms with van der Waals surface area (Å²) in [5, 5.41) is 21.8. The van der Waals surface area contributed by atoms with Gasteiger partial charge in [-0.3, -0.25) is 0 Å². The van der Waals surface area contributed by atoms with Gasteiger partial charge in [0.15, 0.2) is 11.7 Å². The van der Waals surface area contributed by atoms with E-state index in [-0.39, 0.29) is 24.0 Å². The molecule has 0 aliphatic carbocycles. The molecule has 0 aromatic heterocycles. The number of benzene rings is 2. The van der Waals surface area contributed by atoms with Gasteiger partial charge in [0.05, 0.1) is 0 Å². The second kappa shape index (κ2) is 8.11. The quantitative estimate of drug-likeness (QED) is 0.529. The highest BCUT2D eigenvalue weighted by Gasteiger charge is 2.44. The molecule has 2 unspecified atom stereocenters. The molecule has 0 saturated carbocycles. The van der Waals surface area contributed by atoms with Gasteiger partial charge in [-0.2, -0.15) is 0 Å². The predicted molar refractivity (Wildman–Crippen MR) is 99.2 cm³/mol. The first-order chi connectivity index (χ1) is 11.3. The number of aliphatic hydroxyl groups is 1. The number of carboxylic acid groups (broad SMARTS) is 1. The maximum atomic E-state index is 12.4. The lowest BCUT2D eigenvalue weighted by molar-refractivity contribution is -0.157. The zero-order valence-electron chi connectivity index (χ0n) is 13.8. The van der Waals surface area contributed by atoms with E-state index in [1.165, 1.54) is 11.8 Å². The molecule has 0 aliphatic heterocycles. The van der Waals surface area contributed by atoms with Crippen molar-refractivity contribution in [3.8, 4) is 0 Å². The molecular formula is C18H22O4PS+. The Balaban J connectivity index is 2.05. The van der Waals surface area contributed by atoms with Gasteiger partial charge in [0.25, 0.3) is 0 Å². The fourth-order valence-electron chi connectivity index (χ4n) is 2.70. The van der Waals surface area contributed by atoms with Crippen molar-refractivity contribution in [2.75, 3.05) is 11.7 Å². The second-order valence-electron chi connectivity index (χ2n) is 6.33. The van der Waals surface area contributed by atoms with E-state index in [9.17, 15) is 19.6 Å². The van der Waals surface area contributed by atoms with Crippen LogP contribution in [0.3, 0.4) is 0 Å². The monoisotopic (exact) mass is 365 g/mol. The molecule has 0 aliphatic rings. The Kier molecular flexibility index (Phi) is 6.39. The first-order valence-corrected chi connectivity index (χ1v) is 10.4. The molecule has 2 aromatic carbocycles. The molecule has 0 saturated heterocycles. The summed E-state index contributed by atoms with van der Waals surface area (Å²) < 4.78 is 12.4. The van der Waals surface area contributed by atoms with E-state index in [0.29, 0.717) is 0 Å². The number of hydrogen-bond donors (Lipinski definition) is 2. The molecule has 0 fully saturated rings. The van der Waals surface area contributed by atoms with Gasteiger partial charge in [-0.25, -0.2) is 4.79 Å². The minimum atomic E-state index is -1.92. The van der Waals surface area contributed by atoms with Crippen LogP contribution in [0.2, 0.25) is 0 Å². The van der Waals surface area contributed by atoms with E-state index < -0.39 is 19.4 Å². The van der Waals surface area contributed by atoms with Crippen molar-refractivity contribution in [2.24, 2.45) is 5.92 Å². The normalized spacial score (nSPS) is 14.6. The largest absolute Gasteiger partial charge is 0.479 e. The lowest BCUT2D eigenvalue weighted by Crippen LogP contribution is -2.42. The van der Waals surface area contributed by atoms with Crippen LogP contribution >= 0.6 is 19.6 Å². The highest BCUT2D eigenvalue weighted by Crippen LogP contribution is 2.38. The van der Waals surface area contributed by atoms with Gasteiger partial charge in [0.2, 0.25) is 5.60 Å². The molecule has 6 heteroatoms. The number of fused-ring (bicyclic) bond motifs is 1. The molecule has 2 N–H and O–H groups in total. The highest BCUT2D eigenvalue weighted by atomic mass is 32.2. The summed E-state index contributed by atoms with van der Waals surface area (Å²) in [6.07, 6.45) is -0.115. The SMILES string of the molecule is CC(C)CC(O)(C[P+](=O)CSc1cccc2ccccc12)C(=O)O. The van der Waals surface area contributed by atoms with E-state index in [1.54, 1.807) is 0 Å². The maximum absolute atomic E-state index is 12.4. The molecule has 2 aromatic rings. The number of carbonyl (C=O) groups is 1. The summed E-state index contributed by atoms with van der Waals surface area (Å²) in [5.74, 6) is -1.28. The third-order valence-corrected chi connectivity index (χ3v) is 6.91. The summed E-state index contributed by atoms with van der Waals surface area (Å²) in [6, 6.07) is 13.9. The molecule has 0 spiro atoms. The van der Waals surface area contributed by atoms with Crippen LogP contribution in [0.1, 0.15) is 20.3 Å². The number of aliphatic carboxylic acids is 1. The summed E-state index contributed by atoms with van der Waals surface area (Å²) >= 11 is 1.44. The van der Waals surface area contributed by atoms with Gasteiger partial charge in [0, 0.05) is 4.90 Å². The average molecular weight is 365 g/mol. The van der Waals surface area contributed by atoms with Crippen LogP contribution in [0.25, 0.3) is 10.8 Å². The fourth-order valence-corrected chi connectivity index (χ4v) is 5.56. The van der Waals surface area contributed by atoms with Crippen LogP contribution in [0.5, 0.6) is 0 Å². The smallest absolute Gasteiger partial charge is 0.353 e. The number of hydrogen-bond acceptors (Lipinski definition) is 4. The van der Waals surface area contributed by atoms with Crippen LogP contribution in [0.4, 0.5) is 0 Å². The van der Waals surface area contributed by atoms with Gasteiger partial charge in [-0.05, 0) is 29.2 Å². The number of rotatable bonds is 8. The van der Waals surface area contributed by atoms with Gasteiger partial charge >= 0.3 is 13.8 Å². The van der Waals surface area contributed by atoms with Crippen LogP contribution in [0.15, 0.2) is 47.4 Å². The van der Waals surface area contributed by atoms with E-state index in [2.05, 4.69) is 0 Å². The molecular weight excluding hydrogens is 343 g/mol. The first-order valence-electron chi connectivity index (χ1n) is 7.80. The molecule has 2 atom stereocenters. The molecule has 4 nitrogen and oxygen atoms in total. The van der Waals surface area contributed by atoms with Crippen molar-refractivity contribution in [3.63, 3.8) is 0 Å². The van der Waals surface area contributed by atoms with Crippen LogP contribution in [-0.4, -0.2) is 33.4 Å². The minimum Gasteiger partial charge on any atom is -0.479 e. The van der Waals surface area contributed by atoms with E-state index >= 15 is 0 Å². The number of carboxylic acids is 1. The molecule has 2 rings (SSSR count). The Morgan fingerprint density at radius 2 is 1.88 bits per heavy atom.